The van der Waals surface area contributed by atoms with E-state index < -0.39 is 0 Å². The van der Waals surface area contributed by atoms with Crippen molar-refractivity contribution in [3.05, 3.63) is 24.0 Å². The third-order valence-corrected chi connectivity index (χ3v) is 7.72. The standard InChI is InChI=1S/C25H35N3O4/c1-24(8-9-24)32-23(30)28-12-10-25(11-13-28)15-18(16-25)3-2-14-31-20-6-7-21(26-17-20)22(29)27-19-4-5-19/h6-7,17-19H,2-5,8-16H2,1H3,(H,27,29). The van der Waals surface area contributed by atoms with E-state index in [4.69, 9.17) is 9.47 Å². The van der Waals surface area contributed by atoms with E-state index in [0.717, 1.165) is 69.7 Å². The summed E-state index contributed by atoms with van der Waals surface area (Å²) < 4.78 is 11.4. The highest BCUT2D eigenvalue weighted by atomic mass is 16.6. The van der Waals surface area contributed by atoms with Gasteiger partial charge >= 0.3 is 6.09 Å². The molecule has 7 heteroatoms. The van der Waals surface area contributed by atoms with Gasteiger partial charge in [-0.25, -0.2) is 9.78 Å². The molecule has 7 nitrogen and oxygen atoms in total. The molecular weight excluding hydrogens is 406 g/mol. The summed E-state index contributed by atoms with van der Waals surface area (Å²) in [6.07, 6.45) is 12.7. The maximum Gasteiger partial charge on any atom is 0.410 e. The molecule has 1 spiro atoms. The third kappa shape index (κ3) is 5.18. The largest absolute Gasteiger partial charge is 0.492 e. The number of rotatable bonds is 8. The molecule has 174 valence electrons. The van der Waals surface area contributed by atoms with Crippen LogP contribution in [0, 0.1) is 11.3 Å². The number of carbonyl (C=O) groups is 2. The molecule has 3 saturated carbocycles. The summed E-state index contributed by atoms with van der Waals surface area (Å²) in [7, 11) is 0. The average Bonchev–Trinajstić information content (AvgIpc) is 3.70. The molecule has 0 unspecified atom stereocenters. The smallest absolute Gasteiger partial charge is 0.410 e. The lowest BCUT2D eigenvalue weighted by Crippen LogP contribution is -2.49. The molecule has 2 amide bonds. The highest BCUT2D eigenvalue weighted by Crippen LogP contribution is 2.54. The van der Waals surface area contributed by atoms with Gasteiger partial charge in [0.1, 0.15) is 17.0 Å². The summed E-state index contributed by atoms with van der Waals surface area (Å²) in [4.78, 5) is 30.4. The molecule has 5 rings (SSSR count). The number of hydrogen-bond donors (Lipinski definition) is 1. The first-order valence-corrected chi connectivity index (χ1v) is 12.3. The quantitative estimate of drug-likeness (QED) is 0.608. The Bertz CT molecular complexity index is 831. The number of aromatic nitrogens is 1. The summed E-state index contributed by atoms with van der Waals surface area (Å²) in [5.41, 5.74) is 0.718. The monoisotopic (exact) mass is 441 g/mol. The fourth-order valence-electron chi connectivity index (χ4n) is 5.14. The van der Waals surface area contributed by atoms with Crippen LogP contribution in [0.2, 0.25) is 0 Å². The molecule has 4 fully saturated rings. The van der Waals surface area contributed by atoms with Gasteiger partial charge in [0.25, 0.3) is 5.91 Å². The molecule has 0 atom stereocenters. The van der Waals surface area contributed by atoms with Gasteiger partial charge in [0, 0.05) is 19.1 Å². The summed E-state index contributed by atoms with van der Waals surface area (Å²) in [5, 5.41) is 2.94. The lowest BCUT2D eigenvalue weighted by Gasteiger charge is -2.52. The zero-order valence-corrected chi connectivity index (χ0v) is 19.1. The lowest BCUT2D eigenvalue weighted by molar-refractivity contribution is -0.0231. The van der Waals surface area contributed by atoms with E-state index in [1.165, 1.54) is 19.3 Å². The Balaban J connectivity index is 0.955. The van der Waals surface area contributed by atoms with Crippen LogP contribution in [-0.2, 0) is 4.74 Å². The zero-order chi connectivity index (χ0) is 22.2. The number of ether oxygens (including phenoxy) is 2. The van der Waals surface area contributed by atoms with E-state index in [-0.39, 0.29) is 17.6 Å². The SMILES string of the molecule is CC1(OC(=O)N2CCC3(CC2)CC(CCCOc2ccc(C(=O)NC4CC4)nc2)C3)CC1. The molecule has 2 heterocycles. The third-order valence-electron chi connectivity index (χ3n) is 7.72. The summed E-state index contributed by atoms with van der Waals surface area (Å²) in [5.74, 6) is 1.39. The van der Waals surface area contributed by atoms with Crippen LogP contribution in [0.25, 0.3) is 0 Å². The van der Waals surface area contributed by atoms with Crippen LogP contribution < -0.4 is 10.1 Å². The molecule has 0 bridgehead atoms. The van der Waals surface area contributed by atoms with E-state index in [2.05, 4.69) is 10.3 Å². The van der Waals surface area contributed by atoms with Crippen molar-refractivity contribution >= 4 is 12.0 Å². The van der Waals surface area contributed by atoms with Crippen molar-refractivity contribution in [1.29, 1.82) is 0 Å². The Morgan fingerprint density at radius 2 is 1.91 bits per heavy atom. The molecule has 1 aromatic rings. The van der Waals surface area contributed by atoms with Crippen molar-refractivity contribution in [3.63, 3.8) is 0 Å². The number of amides is 2. The minimum atomic E-state index is -0.182. The fourth-order valence-corrected chi connectivity index (χ4v) is 5.14. The molecule has 4 aliphatic rings. The minimum Gasteiger partial charge on any atom is -0.492 e. The van der Waals surface area contributed by atoms with Gasteiger partial charge in [0.2, 0.25) is 0 Å². The predicted molar refractivity (Wildman–Crippen MR) is 120 cm³/mol. The number of piperidine rings is 1. The van der Waals surface area contributed by atoms with Crippen LogP contribution in [0.15, 0.2) is 18.3 Å². The van der Waals surface area contributed by atoms with E-state index in [0.29, 0.717) is 23.8 Å². The van der Waals surface area contributed by atoms with Crippen LogP contribution in [-0.4, -0.2) is 53.2 Å². The normalized spacial score (nSPS) is 23.3. The van der Waals surface area contributed by atoms with E-state index >= 15 is 0 Å². The topological polar surface area (TPSA) is 80.8 Å². The Labute approximate surface area is 190 Å². The highest BCUT2D eigenvalue weighted by Gasteiger charge is 2.47. The molecule has 1 N–H and O–H groups in total. The fraction of sp³-hybridized carbons (Fsp3) is 0.720. The Kier molecular flexibility index (Phi) is 5.76. The summed E-state index contributed by atoms with van der Waals surface area (Å²) >= 11 is 0. The molecule has 3 aliphatic carbocycles. The molecule has 1 aromatic heterocycles. The number of pyridine rings is 1. The molecular formula is C25H35N3O4. The average molecular weight is 442 g/mol. The molecule has 0 radical (unpaired) electrons. The van der Waals surface area contributed by atoms with Gasteiger partial charge < -0.3 is 19.7 Å². The van der Waals surface area contributed by atoms with Crippen molar-refractivity contribution in [3.8, 4) is 5.75 Å². The summed E-state index contributed by atoms with van der Waals surface area (Å²) in [6, 6.07) is 3.90. The zero-order valence-electron chi connectivity index (χ0n) is 19.1. The Hall–Kier alpha value is -2.31. The predicted octanol–water partition coefficient (Wildman–Crippen LogP) is 4.31. The van der Waals surface area contributed by atoms with Gasteiger partial charge in [-0.05, 0) is 94.6 Å². The van der Waals surface area contributed by atoms with Crippen LogP contribution in [0.3, 0.4) is 0 Å². The van der Waals surface area contributed by atoms with Crippen LogP contribution >= 0.6 is 0 Å². The van der Waals surface area contributed by atoms with Gasteiger partial charge in [0.05, 0.1) is 12.8 Å². The molecule has 0 aromatic carbocycles. The molecule has 32 heavy (non-hydrogen) atoms. The highest BCUT2D eigenvalue weighted by molar-refractivity contribution is 5.92. The maximum absolute atomic E-state index is 12.3. The first kappa shape index (κ1) is 21.5. The van der Waals surface area contributed by atoms with Crippen molar-refractivity contribution in [2.24, 2.45) is 11.3 Å². The van der Waals surface area contributed by atoms with Gasteiger partial charge in [-0.15, -0.1) is 0 Å². The van der Waals surface area contributed by atoms with E-state index in [1.807, 2.05) is 17.9 Å². The second-order valence-corrected chi connectivity index (χ2v) is 10.7. The van der Waals surface area contributed by atoms with Crippen molar-refractivity contribution in [2.75, 3.05) is 19.7 Å². The minimum absolute atomic E-state index is 0.0992. The molecule has 1 aliphatic heterocycles. The van der Waals surface area contributed by atoms with Crippen LogP contribution in [0.1, 0.15) is 81.6 Å². The Morgan fingerprint density at radius 1 is 1.16 bits per heavy atom. The number of carbonyl (C=O) groups excluding carboxylic acids is 2. The maximum atomic E-state index is 12.3. The molecule has 1 saturated heterocycles. The first-order chi connectivity index (χ1) is 15.4. The lowest BCUT2D eigenvalue weighted by atomic mass is 9.56. The van der Waals surface area contributed by atoms with Crippen molar-refractivity contribution < 1.29 is 19.1 Å². The van der Waals surface area contributed by atoms with Crippen LogP contribution in [0.4, 0.5) is 4.79 Å². The van der Waals surface area contributed by atoms with Gasteiger partial charge in [-0.2, -0.15) is 0 Å². The van der Waals surface area contributed by atoms with Gasteiger partial charge in [0.15, 0.2) is 0 Å². The van der Waals surface area contributed by atoms with Gasteiger partial charge in [-0.1, -0.05) is 0 Å². The van der Waals surface area contributed by atoms with Crippen molar-refractivity contribution in [1.82, 2.24) is 15.2 Å². The van der Waals surface area contributed by atoms with Gasteiger partial charge in [-0.3, -0.25) is 4.79 Å². The second kappa shape index (κ2) is 8.56. The van der Waals surface area contributed by atoms with Crippen LogP contribution in [0.5, 0.6) is 5.75 Å². The van der Waals surface area contributed by atoms with E-state index in [1.54, 1.807) is 12.3 Å². The van der Waals surface area contributed by atoms with E-state index in [9.17, 15) is 9.59 Å². The van der Waals surface area contributed by atoms with Crippen molar-refractivity contribution in [2.45, 2.75) is 82.8 Å². The number of nitrogens with one attached hydrogen (secondary N) is 1. The number of nitrogens with zero attached hydrogens (tertiary/aromatic N) is 2. The number of likely N-dealkylation sites (tertiary alicyclic amines) is 1. The second-order valence-electron chi connectivity index (χ2n) is 10.7. The summed E-state index contributed by atoms with van der Waals surface area (Å²) in [6.45, 7) is 4.38. The Morgan fingerprint density at radius 3 is 2.53 bits per heavy atom. The first-order valence-electron chi connectivity index (χ1n) is 12.3. The number of hydrogen-bond acceptors (Lipinski definition) is 5.